The van der Waals surface area contributed by atoms with Gasteiger partial charge in [-0.1, -0.05) is 53.0 Å². The summed E-state index contributed by atoms with van der Waals surface area (Å²) in [6, 6.07) is 15.1. The van der Waals surface area contributed by atoms with Crippen LogP contribution in [0.25, 0.3) is 0 Å². The zero-order chi connectivity index (χ0) is 25.4. The topological polar surface area (TPSA) is 89.0 Å². The van der Waals surface area contributed by atoms with Crippen LogP contribution < -0.4 is 20.2 Å². The minimum atomic E-state index is -0.954. The highest BCUT2D eigenvalue weighted by atomic mass is 79.9. The molecule has 0 saturated heterocycles. The van der Waals surface area contributed by atoms with Crippen LogP contribution in [0.1, 0.15) is 18.1 Å². The molecule has 3 rings (SSSR count). The summed E-state index contributed by atoms with van der Waals surface area (Å²) in [5.41, 5.74) is 3.84. The summed E-state index contributed by atoms with van der Waals surface area (Å²) in [7, 11) is 0. The number of halogens is 4. The Kier molecular flexibility index (Phi) is 9.80. The molecular formula is C24H19BrCl3N3O4. The van der Waals surface area contributed by atoms with Crippen molar-refractivity contribution in [3.8, 4) is 11.5 Å². The molecule has 0 saturated carbocycles. The van der Waals surface area contributed by atoms with Crippen molar-refractivity contribution in [1.29, 1.82) is 0 Å². The molecule has 0 atom stereocenters. The standard InChI is InChI=1S/C24H19BrCl3N3O4/c1-2-34-21-10-14(9-17(25)22(21)35-13-15-7-8-16(26)11-19(15)28)12-29-31-24(33)23(32)30-20-6-4-3-5-18(20)27/h3-12H,2,13H2,1H3,(H,30,32)(H,31,33)/b29-12+. The van der Waals surface area contributed by atoms with Crippen molar-refractivity contribution in [3.05, 3.63) is 85.3 Å². The van der Waals surface area contributed by atoms with Gasteiger partial charge in [0.25, 0.3) is 0 Å². The van der Waals surface area contributed by atoms with Crippen molar-refractivity contribution in [2.24, 2.45) is 5.10 Å². The molecule has 0 aliphatic carbocycles. The van der Waals surface area contributed by atoms with Gasteiger partial charge in [-0.15, -0.1) is 0 Å². The number of anilines is 1. The summed E-state index contributed by atoms with van der Waals surface area (Å²) in [5.74, 6) is -0.935. The molecule has 0 aliphatic rings. The van der Waals surface area contributed by atoms with E-state index in [1.54, 1.807) is 54.6 Å². The summed E-state index contributed by atoms with van der Waals surface area (Å²) in [5, 5.41) is 7.60. The molecule has 0 fully saturated rings. The van der Waals surface area contributed by atoms with E-state index in [0.717, 1.165) is 5.56 Å². The lowest BCUT2D eigenvalue weighted by molar-refractivity contribution is -0.136. The van der Waals surface area contributed by atoms with Crippen LogP contribution in [0.3, 0.4) is 0 Å². The van der Waals surface area contributed by atoms with E-state index < -0.39 is 11.8 Å². The van der Waals surface area contributed by atoms with Gasteiger partial charge in [0.1, 0.15) is 6.61 Å². The van der Waals surface area contributed by atoms with Crippen LogP contribution in [0.4, 0.5) is 5.69 Å². The van der Waals surface area contributed by atoms with Crippen LogP contribution >= 0.6 is 50.7 Å². The van der Waals surface area contributed by atoms with Gasteiger partial charge < -0.3 is 14.8 Å². The van der Waals surface area contributed by atoms with Gasteiger partial charge in [0.15, 0.2) is 11.5 Å². The van der Waals surface area contributed by atoms with E-state index >= 15 is 0 Å². The van der Waals surface area contributed by atoms with Gasteiger partial charge in [-0.25, -0.2) is 5.43 Å². The van der Waals surface area contributed by atoms with Gasteiger partial charge in [-0.3, -0.25) is 9.59 Å². The molecule has 2 N–H and O–H groups in total. The fourth-order valence-corrected chi connectivity index (χ4v) is 4.03. The molecular weight excluding hydrogens is 581 g/mol. The van der Waals surface area contributed by atoms with E-state index in [9.17, 15) is 9.59 Å². The minimum Gasteiger partial charge on any atom is -0.490 e. The van der Waals surface area contributed by atoms with Gasteiger partial charge in [0.2, 0.25) is 0 Å². The Hall–Kier alpha value is -2.78. The monoisotopic (exact) mass is 597 g/mol. The average Bonchev–Trinajstić information content (AvgIpc) is 2.81. The Morgan fingerprint density at radius 2 is 1.77 bits per heavy atom. The van der Waals surface area contributed by atoms with E-state index in [1.165, 1.54) is 6.21 Å². The Balaban J connectivity index is 1.67. The minimum absolute atomic E-state index is 0.193. The molecule has 182 valence electrons. The number of benzene rings is 3. The third-order valence-corrected chi connectivity index (χ3v) is 5.93. The number of carbonyl (C=O) groups excluding carboxylic acids is 2. The predicted molar refractivity (Wildman–Crippen MR) is 142 cm³/mol. The van der Waals surface area contributed by atoms with Crippen LogP contribution in [0.15, 0.2) is 64.2 Å². The molecule has 0 aromatic heterocycles. The number of rotatable bonds is 8. The second-order valence-corrected chi connectivity index (χ2v) is 9.03. The molecule has 0 heterocycles. The Labute approximate surface area is 225 Å². The first-order valence-electron chi connectivity index (χ1n) is 10.2. The molecule has 3 aromatic rings. The maximum Gasteiger partial charge on any atom is 0.329 e. The lowest BCUT2D eigenvalue weighted by Gasteiger charge is -2.15. The Bertz CT molecular complexity index is 1270. The maximum atomic E-state index is 12.1. The Morgan fingerprint density at radius 1 is 1.00 bits per heavy atom. The molecule has 3 aromatic carbocycles. The molecule has 0 aliphatic heterocycles. The molecule has 11 heteroatoms. The smallest absolute Gasteiger partial charge is 0.329 e. The first-order chi connectivity index (χ1) is 16.8. The fraction of sp³-hybridized carbons (Fsp3) is 0.125. The quantitative estimate of drug-likeness (QED) is 0.176. The van der Waals surface area contributed by atoms with Crippen LogP contribution in [0, 0.1) is 0 Å². The normalized spacial score (nSPS) is 10.8. The van der Waals surface area contributed by atoms with Gasteiger partial charge in [-0.2, -0.15) is 5.10 Å². The summed E-state index contributed by atoms with van der Waals surface area (Å²) >= 11 is 21.6. The van der Waals surface area contributed by atoms with Crippen LogP contribution in [0.2, 0.25) is 15.1 Å². The summed E-state index contributed by atoms with van der Waals surface area (Å²) < 4.78 is 12.2. The number of hydrogen-bond acceptors (Lipinski definition) is 5. The first-order valence-corrected chi connectivity index (χ1v) is 12.1. The van der Waals surface area contributed by atoms with Gasteiger partial charge in [-0.05, 0) is 64.8 Å². The number of amides is 2. The number of hydrogen-bond donors (Lipinski definition) is 2. The number of para-hydroxylation sites is 1. The van der Waals surface area contributed by atoms with E-state index in [1.807, 2.05) is 6.92 Å². The molecule has 35 heavy (non-hydrogen) atoms. The van der Waals surface area contributed by atoms with Crippen LogP contribution in [-0.4, -0.2) is 24.6 Å². The first kappa shape index (κ1) is 26.8. The number of nitrogens with one attached hydrogen (secondary N) is 2. The highest BCUT2D eigenvalue weighted by molar-refractivity contribution is 9.10. The van der Waals surface area contributed by atoms with Crippen molar-refractivity contribution in [2.75, 3.05) is 11.9 Å². The number of hydrazone groups is 1. The third-order valence-electron chi connectivity index (χ3n) is 4.43. The zero-order valence-corrected chi connectivity index (χ0v) is 22.1. The van der Waals surface area contributed by atoms with Gasteiger partial charge in [0.05, 0.1) is 28.0 Å². The van der Waals surface area contributed by atoms with Crippen molar-refractivity contribution < 1.29 is 19.1 Å². The van der Waals surface area contributed by atoms with Gasteiger partial charge >= 0.3 is 11.8 Å². The lowest BCUT2D eigenvalue weighted by Crippen LogP contribution is -2.32. The Morgan fingerprint density at radius 3 is 2.49 bits per heavy atom. The number of ether oxygens (including phenoxy) is 2. The lowest BCUT2D eigenvalue weighted by atomic mass is 10.2. The number of carbonyl (C=O) groups is 2. The molecule has 2 amide bonds. The number of nitrogens with zero attached hydrogens (tertiary/aromatic N) is 1. The SMILES string of the molecule is CCOc1cc(/C=N/NC(=O)C(=O)Nc2ccccc2Cl)cc(Br)c1OCc1ccc(Cl)cc1Cl. The molecule has 0 bridgehead atoms. The van der Waals surface area contributed by atoms with E-state index in [2.05, 4.69) is 31.8 Å². The highest BCUT2D eigenvalue weighted by Gasteiger charge is 2.15. The van der Waals surface area contributed by atoms with E-state index in [4.69, 9.17) is 44.3 Å². The summed E-state index contributed by atoms with van der Waals surface area (Å²) in [6.45, 7) is 2.43. The van der Waals surface area contributed by atoms with Crippen molar-refractivity contribution in [3.63, 3.8) is 0 Å². The molecule has 0 unspecified atom stereocenters. The highest BCUT2D eigenvalue weighted by Crippen LogP contribution is 2.37. The molecule has 0 radical (unpaired) electrons. The van der Waals surface area contributed by atoms with Crippen molar-refractivity contribution in [1.82, 2.24) is 5.43 Å². The summed E-state index contributed by atoms with van der Waals surface area (Å²) in [6.07, 6.45) is 1.37. The van der Waals surface area contributed by atoms with Gasteiger partial charge in [0, 0.05) is 15.6 Å². The average molecular weight is 600 g/mol. The third kappa shape index (κ3) is 7.60. The summed E-state index contributed by atoms with van der Waals surface area (Å²) in [4.78, 5) is 24.1. The second kappa shape index (κ2) is 12.8. The maximum absolute atomic E-state index is 12.1. The molecule has 0 spiro atoms. The largest absolute Gasteiger partial charge is 0.490 e. The van der Waals surface area contributed by atoms with E-state index in [-0.39, 0.29) is 6.61 Å². The second-order valence-electron chi connectivity index (χ2n) is 6.92. The van der Waals surface area contributed by atoms with Crippen LogP contribution in [-0.2, 0) is 16.2 Å². The zero-order valence-electron chi connectivity index (χ0n) is 18.3. The van der Waals surface area contributed by atoms with E-state index in [0.29, 0.717) is 48.9 Å². The fourth-order valence-electron chi connectivity index (χ4n) is 2.81. The van der Waals surface area contributed by atoms with Crippen LogP contribution in [0.5, 0.6) is 11.5 Å². The van der Waals surface area contributed by atoms with Crippen molar-refractivity contribution >= 4 is 74.4 Å². The molecule has 7 nitrogen and oxygen atoms in total. The predicted octanol–water partition coefficient (Wildman–Crippen LogP) is 6.48. The van der Waals surface area contributed by atoms with Crippen molar-refractivity contribution in [2.45, 2.75) is 13.5 Å².